The molecule has 2 rings (SSSR count). The number of pyridine rings is 1. The number of benzene rings is 1. The number of aromatic nitrogens is 1. The average Bonchev–Trinajstić information content (AvgIpc) is 2.37. The quantitative estimate of drug-likeness (QED) is 0.906. The van der Waals surface area contributed by atoms with Gasteiger partial charge in [0.25, 0.3) is 0 Å². The summed E-state index contributed by atoms with van der Waals surface area (Å²) in [7, 11) is 0. The molecule has 0 saturated heterocycles. The third-order valence-electron chi connectivity index (χ3n) is 2.91. The van der Waals surface area contributed by atoms with Crippen molar-refractivity contribution in [3.8, 4) is 16.9 Å². The number of halogens is 3. The van der Waals surface area contributed by atoms with E-state index in [1.807, 2.05) is 0 Å². The van der Waals surface area contributed by atoms with Crippen LogP contribution < -0.4 is 16.2 Å². The highest BCUT2D eigenvalue weighted by molar-refractivity contribution is 5.80. The molecule has 0 unspecified atom stereocenters. The zero-order chi connectivity index (χ0) is 16.5. The summed E-state index contributed by atoms with van der Waals surface area (Å²) in [5.74, 6) is 0.550. The molecule has 118 valence electrons. The maximum atomic E-state index is 12.9. The van der Waals surface area contributed by atoms with Crippen LogP contribution in [0.4, 0.5) is 24.8 Å². The molecule has 0 aliphatic heterocycles. The third-order valence-corrected chi connectivity index (χ3v) is 2.91. The lowest BCUT2D eigenvalue weighted by molar-refractivity contribution is -0.137. The van der Waals surface area contributed by atoms with Gasteiger partial charge in [-0.05, 0) is 44.2 Å². The zero-order valence-corrected chi connectivity index (χ0v) is 12.1. The van der Waals surface area contributed by atoms with Gasteiger partial charge < -0.3 is 16.2 Å². The topological polar surface area (TPSA) is 74.2 Å². The number of nitrogens with two attached hydrogens (primary N) is 2. The molecule has 0 aliphatic rings. The van der Waals surface area contributed by atoms with Gasteiger partial charge in [-0.1, -0.05) is 0 Å². The fraction of sp³-hybridized carbons (Fsp3) is 0.267. The first kappa shape index (κ1) is 15.9. The second-order valence-corrected chi connectivity index (χ2v) is 5.04. The van der Waals surface area contributed by atoms with Crippen LogP contribution in [0, 0.1) is 0 Å². The minimum Gasteiger partial charge on any atom is -0.490 e. The molecule has 1 heterocycles. The van der Waals surface area contributed by atoms with E-state index in [1.165, 1.54) is 18.2 Å². The van der Waals surface area contributed by atoms with Crippen molar-refractivity contribution in [3.63, 3.8) is 0 Å². The average molecular weight is 311 g/mol. The van der Waals surface area contributed by atoms with Crippen molar-refractivity contribution in [1.29, 1.82) is 0 Å². The van der Waals surface area contributed by atoms with Gasteiger partial charge in [0.1, 0.15) is 17.4 Å². The van der Waals surface area contributed by atoms with Gasteiger partial charge in [0.05, 0.1) is 11.7 Å². The van der Waals surface area contributed by atoms with Crippen molar-refractivity contribution in [2.24, 2.45) is 0 Å². The highest BCUT2D eigenvalue weighted by Gasteiger charge is 2.31. The lowest BCUT2D eigenvalue weighted by atomic mass is 10.0. The molecule has 0 fully saturated rings. The Bertz CT molecular complexity index is 684. The highest BCUT2D eigenvalue weighted by atomic mass is 19.4. The van der Waals surface area contributed by atoms with E-state index in [9.17, 15) is 13.2 Å². The van der Waals surface area contributed by atoms with E-state index in [4.69, 9.17) is 16.2 Å². The Labute approximate surface area is 125 Å². The van der Waals surface area contributed by atoms with E-state index in [0.29, 0.717) is 11.3 Å². The van der Waals surface area contributed by atoms with Crippen molar-refractivity contribution in [2.75, 3.05) is 11.5 Å². The predicted octanol–water partition coefficient (Wildman–Crippen LogP) is 3.72. The van der Waals surface area contributed by atoms with Crippen molar-refractivity contribution in [3.05, 3.63) is 35.9 Å². The van der Waals surface area contributed by atoms with Gasteiger partial charge >= 0.3 is 6.18 Å². The first-order chi connectivity index (χ1) is 10.2. The monoisotopic (exact) mass is 311 g/mol. The number of nitrogen functional groups attached to an aromatic ring is 2. The summed E-state index contributed by atoms with van der Waals surface area (Å²) in [5.41, 5.74) is 11.1. The first-order valence-electron chi connectivity index (χ1n) is 6.58. The van der Waals surface area contributed by atoms with Crippen LogP contribution in [0.25, 0.3) is 11.1 Å². The smallest absolute Gasteiger partial charge is 0.416 e. The van der Waals surface area contributed by atoms with E-state index in [-0.39, 0.29) is 23.3 Å². The van der Waals surface area contributed by atoms with Gasteiger partial charge in [-0.15, -0.1) is 0 Å². The van der Waals surface area contributed by atoms with Gasteiger partial charge in [-0.25, -0.2) is 4.98 Å². The van der Waals surface area contributed by atoms with Gasteiger partial charge in [0, 0.05) is 11.1 Å². The molecule has 0 spiro atoms. The van der Waals surface area contributed by atoms with E-state index in [2.05, 4.69) is 4.98 Å². The first-order valence-corrected chi connectivity index (χ1v) is 6.58. The van der Waals surface area contributed by atoms with Gasteiger partial charge in [0.15, 0.2) is 0 Å². The number of ether oxygens (including phenoxy) is 1. The second kappa shape index (κ2) is 5.75. The highest BCUT2D eigenvalue weighted by Crippen LogP contribution is 2.39. The van der Waals surface area contributed by atoms with Crippen LogP contribution in [0.2, 0.25) is 0 Å². The molecule has 0 amide bonds. The lowest BCUT2D eigenvalue weighted by Crippen LogP contribution is -2.10. The Morgan fingerprint density at radius 2 is 1.73 bits per heavy atom. The standard InChI is InChI=1S/C15H16F3N3O/c1-8(2)22-12-5-3-9(15(16,17)18)7-11(12)10-4-6-13(19)21-14(10)20/h3-8H,1-2H3,(H4,19,20,21). The molecule has 0 atom stereocenters. The Morgan fingerprint density at radius 1 is 1.05 bits per heavy atom. The molecule has 0 bridgehead atoms. The Kier molecular flexibility index (Phi) is 4.16. The zero-order valence-electron chi connectivity index (χ0n) is 12.1. The Hall–Kier alpha value is -2.44. The van der Waals surface area contributed by atoms with Crippen LogP contribution >= 0.6 is 0 Å². The Morgan fingerprint density at radius 3 is 2.27 bits per heavy atom. The fourth-order valence-corrected chi connectivity index (χ4v) is 1.99. The lowest BCUT2D eigenvalue weighted by Gasteiger charge is -2.17. The SMILES string of the molecule is CC(C)Oc1ccc(C(F)(F)F)cc1-c1ccc(N)nc1N. The maximum absolute atomic E-state index is 12.9. The molecule has 0 radical (unpaired) electrons. The summed E-state index contributed by atoms with van der Waals surface area (Å²) in [4.78, 5) is 3.88. The van der Waals surface area contributed by atoms with Crippen LogP contribution in [0.5, 0.6) is 5.75 Å². The second-order valence-electron chi connectivity index (χ2n) is 5.04. The molecule has 0 aliphatic carbocycles. The van der Waals surface area contributed by atoms with Crippen LogP contribution in [-0.2, 0) is 6.18 Å². The van der Waals surface area contributed by atoms with E-state index >= 15 is 0 Å². The number of hydrogen-bond acceptors (Lipinski definition) is 4. The van der Waals surface area contributed by atoms with Crippen molar-refractivity contribution in [2.45, 2.75) is 26.1 Å². The number of nitrogens with zero attached hydrogens (tertiary/aromatic N) is 1. The van der Waals surface area contributed by atoms with Crippen LogP contribution in [-0.4, -0.2) is 11.1 Å². The summed E-state index contributed by atoms with van der Waals surface area (Å²) < 4.78 is 44.4. The maximum Gasteiger partial charge on any atom is 0.416 e. The fourth-order valence-electron chi connectivity index (χ4n) is 1.99. The number of alkyl halides is 3. The number of anilines is 2. The van der Waals surface area contributed by atoms with E-state index < -0.39 is 11.7 Å². The van der Waals surface area contributed by atoms with Crippen LogP contribution in [0.1, 0.15) is 19.4 Å². The largest absolute Gasteiger partial charge is 0.490 e. The van der Waals surface area contributed by atoms with Gasteiger partial charge in [0.2, 0.25) is 0 Å². The normalized spacial score (nSPS) is 11.7. The molecular formula is C15H16F3N3O. The van der Waals surface area contributed by atoms with Crippen molar-refractivity contribution < 1.29 is 17.9 Å². The minimum absolute atomic E-state index is 0.0490. The molecule has 7 heteroatoms. The van der Waals surface area contributed by atoms with Gasteiger partial charge in [-0.3, -0.25) is 0 Å². The van der Waals surface area contributed by atoms with Crippen LogP contribution in [0.3, 0.4) is 0 Å². The summed E-state index contributed by atoms with van der Waals surface area (Å²) >= 11 is 0. The molecule has 4 nitrogen and oxygen atoms in total. The summed E-state index contributed by atoms with van der Waals surface area (Å²) in [5, 5.41) is 0. The van der Waals surface area contributed by atoms with E-state index in [0.717, 1.165) is 12.1 Å². The summed E-state index contributed by atoms with van der Waals surface area (Å²) in [6.07, 6.45) is -4.65. The van der Waals surface area contributed by atoms with E-state index in [1.54, 1.807) is 13.8 Å². The predicted molar refractivity (Wildman–Crippen MR) is 79.3 cm³/mol. The number of rotatable bonds is 3. The molecule has 4 N–H and O–H groups in total. The summed E-state index contributed by atoms with van der Waals surface area (Å²) in [6.45, 7) is 3.57. The minimum atomic E-state index is -4.46. The Balaban J connectivity index is 2.63. The van der Waals surface area contributed by atoms with Crippen LogP contribution in [0.15, 0.2) is 30.3 Å². The molecule has 1 aromatic heterocycles. The van der Waals surface area contributed by atoms with Crippen molar-refractivity contribution in [1.82, 2.24) is 4.98 Å². The number of hydrogen-bond donors (Lipinski definition) is 2. The molecule has 22 heavy (non-hydrogen) atoms. The molecular weight excluding hydrogens is 295 g/mol. The van der Waals surface area contributed by atoms with Gasteiger partial charge in [-0.2, -0.15) is 13.2 Å². The third kappa shape index (κ3) is 3.41. The van der Waals surface area contributed by atoms with Crippen molar-refractivity contribution >= 4 is 11.6 Å². The molecule has 2 aromatic rings. The summed E-state index contributed by atoms with van der Waals surface area (Å²) in [6, 6.07) is 6.27. The molecule has 0 saturated carbocycles. The molecule has 1 aromatic carbocycles.